The van der Waals surface area contributed by atoms with Gasteiger partial charge in [0.15, 0.2) is 0 Å². The molecule has 4 nitrogen and oxygen atoms in total. The predicted octanol–water partition coefficient (Wildman–Crippen LogP) is 1.15. The van der Waals surface area contributed by atoms with Crippen molar-refractivity contribution in [3.05, 3.63) is 29.8 Å². The van der Waals surface area contributed by atoms with Gasteiger partial charge in [-0.2, -0.15) is 0 Å². The Bertz CT molecular complexity index is 484. The van der Waals surface area contributed by atoms with Crippen LogP contribution in [0.25, 0.3) is 0 Å². The predicted molar refractivity (Wildman–Crippen MR) is 67.6 cm³/mol. The normalized spacial score (nSPS) is 15.0. The lowest BCUT2D eigenvalue weighted by Crippen LogP contribution is -2.31. The molecule has 0 fully saturated rings. The summed E-state index contributed by atoms with van der Waals surface area (Å²) in [5.41, 5.74) is 1.91. The first-order valence-corrected chi connectivity index (χ1v) is 7.45. The SMILES string of the molecule is O=S(=O)(CCCCO)N1CCc2ccccc21. The number of nitrogens with zero attached hydrogens (tertiary/aromatic N) is 1. The Kier molecular flexibility index (Phi) is 3.69. The van der Waals surface area contributed by atoms with Crippen molar-refractivity contribution < 1.29 is 13.5 Å². The molecule has 17 heavy (non-hydrogen) atoms. The summed E-state index contributed by atoms with van der Waals surface area (Å²) in [4.78, 5) is 0. The molecule has 0 aliphatic carbocycles. The monoisotopic (exact) mass is 255 g/mol. The third-order valence-electron chi connectivity index (χ3n) is 2.99. The van der Waals surface area contributed by atoms with Crippen molar-refractivity contribution in [3.63, 3.8) is 0 Å². The van der Waals surface area contributed by atoms with Crippen LogP contribution in [-0.2, 0) is 16.4 Å². The average Bonchev–Trinajstić information content (AvgIpc) is 2.73. The van der Waals surface area contributed by atoms with Crippen LogP contribution in [0, 0.1) is 0 Å². The summed E-state index contributed by atoms with van der Waals surface area (Å²) >= 11 is 0. The maximum Gasteiger partial charge on any atom is 0.235 e. The summed E-state index contributed by atoms with van der Waals surface area (Å²) in [5.74, 6) is 0.113. The van der Waals surface area contributed by atoms with Crippen LogP contribution >= 0.6 is 0 Å². The van der Waals surface area contributed by atoms with Gasteiger partial charge in [0.1, 0.15) is 0 Å². The molecular formula is C12H17NO3S. The molecule has 0 amide bonds. The van der Waals surface area contributed by atoms with E-state index in [4.69, 9.17) is 5.11 Å². The molecule has 1 aliphatic rings. The molecule has 0 atom stereocenters. The Morgan fingerprint density at radius 2 is 2.00 bits per heavy atom. The van der Waals surface area contributed by atoms with Crippen LogP contribution in [0.15, 0.2) is 24.3 Å². The van der Waals surface area contributed by atoms with Gasteiger partial charge in [-0.3, -0.25) is 4.31 Å². The number of benzene rings is 1. The highest BCUT2D eigenvalue weighted by atomic mass is 32.2. The van der Waals surface area contributed by atoms with Gasteiger partial charge >= 0.3 is 0 Å². The summed E-state index contributed by atoms with van der Waals surface area (Å²) in [6, 6.07) is 7.62. The molecule has 0 saturated heterocycles. The van der Waals surface area contributed by atoms with Crippen molar-refractivity contribution in [2.24, 2.45) is 0 Å². The smallest absolute Gasteiger partial charge is 0.235 e. The number of aliphatic hydroxyl groups is 1. The maximum absolute atomic E-state index is 12.1. The molecule has 1 N–H and O–H groups in total. The lowest BCUT2D eigenvalue weighted by atomic mass is 10.2. The highest BCUT2D eigenvalue weighted by Gasteiger charge is 2.28. The third-order valence-corrected chi connectivity index (χ3v) is 4.85. The molecule has 0 unspecified atom stereocenters. The Labute approximate surface area is 102 Å². The molecule has 1 aliphatic heterocycles. The van der Waals surface area contributed by atoms with Gasteiger partial charge in [0, 0.05) is 13.2 Å². The Hall–Kier alpha value is -1.07. The van der Waals surface area contributed by atoms with E-state index in [9.17, 15) is 8.42 Å². The van der Waals surface area contributed by atoms with E-state index >= 15 is 0 Å². The van der Waals surface area contributed by atoms with E-state index in [1.54, 1.807) is 0 Å². The second kappa shape index (κ2) is 5.06. The van der Waals surface area contributed by atoms with Gasteiger partial charge in [-0.1, -0.05) is 18.2 Å². The van der Waals surface area contributed by atoms with Gasteiger partial charge < -0.3 is 5.11 Å². The minimum absolute atomic E-state index is 0.0477. The number of rotatable bonds is 5. The van der Waals surface area contributed by atoms with Crippen molar-refractivity contribution in [3.8, 4) is 0 Å². The summed E-state index contributed by atoms with van der Waals surface area (Å²) in [5, 5.41) is 8.68. The summed E-state index contributed by atoms with van der Waals surface area (Å²) < 4.78 is 25.7. The number of hydrogen-bond acceptors (Lipinski definition) is 3. The Morgan fingerprint density at radius 3 is 2.76 bits per heavy atom. The minimum atomic E-state index is -3.22. The highest BCUT2D eigenvalue weighted by molar-refractivity contribution is 7.92. The summed E-state index contributed by atoms with van der Waals surface area (Å²) in [6.45, 7) is 0.590. The topological polar surface area (TPSA) is 57.6 Å². The quantitative estimate of drug-likeness (QED) is 0.803. The Balaban J connectivity index is 2.14. The molecule has 1 aromatic carbocycles. The third kappa shape index (κ3) is 2.61. The van der Waals surface area contributed by atoms with Gasteiger partial charge in [0.05, 0.1) is 11.4 Å². The van der Waals surface area contributed by atoms with E-state index in [2.05, 4.69) is 0 Å². The lowest BCUT2D eigenvalue weighted by molar-refractivity contribution is 0.287. The zero-order valence-corrected chi connectivity index (χ0v) is 10.5. The molecule has 0 radical (unpaired) electrons. The number of unbranched alkanes of at least 4 members (excludes halogenated alkanes) is 1. The van der Waals surface area contributed by atoms with E-state index < -0.39 is 10.0 Å². The van der Waals surface area contributed by atoms with Crippen molar-refractivity contribution >= 4 is 15.7 Å². The fourth-order valence-corrected chi connectivity index (χ4v) is 3.74. The first-order chi connectivity index (χ1) is 8.15. The molecule has 0 saturated carbocycles. The fourth-order valence-electron chi connectivity index (χ4n) is 2.10. The molecular weight excluding hydrogens is 238 g/mol. The highest BCUT2D eigenvalue weighted by Crippen LogP contribution is 2.30. The summed E-state index contributed by atoms with van der Waals surface area (Å²) in [7, 11) is -3.22. The first kappa shape index (κ1) is 12.4. The number of anilines is 1. The van der Waals surface area contributed by atoms with Crippen molar-refractivity contribution in [1.82, 2.24) is 0 Å². The van der Waals surface area contributed by atoms with Gasteiger partial charge in [0.25, 0.3) is 0 Å². The van der Waals surface area contributed by atoms with Crippen LogP contribution in [0.3, 0.4) is 0 Å². The zero-order chi connectivity index (χ0) is 12.3. The second-order valence-electron chi connectivity index (χ2n) is 4.20. The van der Waals surface area contributed by atoms with Crippen LogP contribution in [0.4, 0.5) is 5.69 Å². The van der Waals surface area contributed by atoms with Crippen molar-refractivity contribution in [2.45, 2.75) is 19.3 Å². The van der Waals surface area contributed by atoms with E-state index in [1.807, 2.05) is 24.3 Å². The average molecular weight is 255 g/mol. The molecule has 1 heterocycles. The molecule has 0 bridgehead atoms. The molecule has 1 aromatic rings. The van der Waals surface area contributed by atoms with Gasteiger partial charge in [-0.15, -0.1) is 0 Å². The fraction of sp³-hybridized carbons (Fsp3) is 0.500. The van der Waals surface area contributed by atoms with E-state index in [0.29, 0.717) is 19.4 Å². The number of para-hydroxylation sites is 1. The van der Waals surface area contributed by atoms with Crippen molar-refractivity contribution in [2.75, 3.05) is 23.2 Å². The largest absolute Gasteiger partial charge is 0.396 e. The zero-order valence-electron chi connectivity index (χ0n) is 9.67. The first-order valence-electron chi connectivity index (χ1n) is 5.84. The molecule has 0 spiro atoms. The minimum Gasteiger partial charge on any atom is -0.396 e. The molecule has 0 aromatic heterocycles. The van der Waals surface area contributed by atoms with Gasteiger partial charge in [0.2, 0.25) is 10.0 Å². The lowest BCUT2D eigenvalue weighted by Gasteiger charge is -2.19. The standard InChI is InChI=1S/C12H17NO3S/c14-9-3-4-10-17(15,16)13-8-7-11-5-1-2-6-12(11)13/h1-2,5-6,14H,3-4,7-10H2. The summed E-state index contributed by atoms with van der Waals surface area (Å²) in [6.07, 6.45) is 1.83. The van der Waals surface area contributed by atoms with Crippen LogP contribution < -0.4 is 4.31 Å². The van der Waals surface area contributed by atoms with E-state index in [0.717, 1.165) is 17.7 Å². The number of hydrogen-bond donors (Lipinski definition) is 1. The van der Waals surface area contributed by atoms with Crippen LogP contribution in [-0.4, -0.2) is 32.4 Å². The molecule has 94 valence electrons. The van der Waals surface area contributed by atoms with E-state index in [-0.39, 0.29) is 12.4 Å². The number of aliphatic hydroxyl groups excluding tert-OH is 1. The van der Waals surface area contributed by atoms with Gasteiger partial charge in [-0.25, -0.2) is 8.42 Å². The maximum atomic E-state index is 12.1. The van der Waals surface area contributed by atoms with Crippen LogP contribution in [0.1, 0.15) is 18.4 Å². The number of fused-ring (bicyclic) bond motifs is 1. The van der Waals surface area contributed by atoms with Crippen LogP contribution in [0.2, 0.25) is 0 Å². The molecule has 5 heteroatoms. The number of sulfonamides is 1. The van der Waals surface area contributed by atoms with E-state index in [1.165, 1.54) is 4.31 Å². The van der Waals surface area contributed by atoms with Gasteiger partial charge in [-0.05, 0) is 30.9 Å². The van der Waals surface area contributed by atoms with Crippen LogP contribution in [0.5, 0.6) is 0 Å². The Morgan fingerprint density at radius 1 is 1.24 bits per heavy atom. The van der Waals surface area contributed by atoms with Crippen molar-refractivity contribution in [1.29, 1.82) is 0 Å². The second-order valence-corrected chi connectivity index (χ2v) is 6.21. The molecule has 2 rings (SSSR count).